The van der Waals surface area contributed by atoms with E-state index in [9.17, 15) is 4.79 Å². The molecule has 3 heterocycles. The number of thioether (sulfide) groups is 1. The quantitative estimate of drug-likeness (QED) is 0.599. The fraction of sp³-hybridized carbons (Fsp3) is 0.0952. The Morgan fingerprint density at radius 1 is 0.962 bits per heavy atom. The highest BCUT2D eigenvalue weighted by Gasteiger charge is 2.36. The van der Waals surface area contributed by atoms with Crippen molar-refractivity contribution in [1.82, 2.24) is 4.90 Å². The highest BCUT2D eigenvalue weighted by atomic mass is 32.2. The van der Waals surface area contributed by atoms with Gasteiger partial charge in [-0.3, -0.25) is 4.79 Å². The maximum absolute atomic E-state index is 13.0. The second-order valence-electron chi connectivity index (χ2n) is 6.24. The number of fused-ring (bicyclic) bond motifs is 1. The number of ketones is 1. The van der Waals surface area contributed by atoms with E-state index in [1.54, 1.807) is 24.3 Å². The van der Waals surface area contributed by atoms with Crippen LogP contribution in [0.2, 0.25) is 0 Å². The van der Waals surface area contributed by atoms with Crippen molar-refractivity contribution in [2.75, 3.05) is 7.05 Å². The van der Waals surface area contributed by atoms with Crippen molar-refractivity contribution < 1.29 is 13.6 Å². The molecule has 5 rings (SSSR count). The minimum atomic E-state index is 0.106. The number of allylic oxidation sites excluding steroid dienone is 1. The number of nitrogens with zero attached hydrogens (tertiary/aromatic N) is 1. The summed E-state index contributed by atoms with van der Waals surface area (Å²) in [6.07, 6.45) is 3.96. The van der Waals surface area contributed by atoms with Crippen LogP contribution in [0.1, 0.15) is 27.4 Å². The summed E-state index contributed by atoms with van der Waals surface area (Å²) in [5, 5.41) is 0.934. The van der Waals surface area contributed by atoms with Crippen molar-refractivity contribution in [1.29, 1.82) is 0 Å². The van der Waals surface area contributed by atoms with Gasteiger partial charge in [-0.05, 0) is 29.8 Å². The Morgan fingerprint density at radius 3 is 2.38 bits per heavy atom. The zero-order valence-electron chi connectivity index (χ0n) is 14.1. The molecule has 2 aromatic heterocycles. The van der Waals surface area contributed by atoms with E-state index >= 15 is 0 Å². The van der Waals surface area contributed by atoms with Crippen molar-refractivity contribution in [2.24, 2.45) is 0 Å². The number of hydrogen-bond donors (Lipinski definition) is 0. The van der Waals surface area contributed by atoms with Gasteiger partial charge in [-0.25, -0.2) is 0 Å². The van der Waals surface area contributed by atoms with E-state index in [2.05, 4.69) is 0 Å². The van der Waals surface area contributed by atoms with E-state index in [0.29, 0.717) is 6.42 Å². The van der Waals surface area contributed by atoms with Crippen LogP contribution in [0.25, 0.3) is 10.6 Å². The van der Waals surface area contributed by atoms with Gasteiger partial charge in [0.05, 0.1) is 22.5 Å². The second kappa shape index (κ2) is 5.81. The maximum Gasteiger partial charge on any atom is 0.192 e. The summed E-state index contributed by atoms with van der Waals surface area (Å²) in [7, 11) is 1.97. The number of furan rings is 2. The van der Waals surface area contributed by atoms with Crippen molar-refractivity contribution in [2.45, 2.75) is 6.42 Å². The van der Waals surface area contributed by atoms with Crippen molar-refractivity contribution in [3.63, 3.8) is 0 Å². The fourth-order valence-electron chi connectivity index (χ4n) is 3.50. The first-order chi connectivity index (χ1) is 12.7. The maximum atomic E-state index is 13.0. The van der Waals surface area contributed by atoms with Gasteiger partial charge >= 0.3 is 0 Å². The standard InChI is InChI=1S/C21H15NO3S/c1-22-18(16-8-4-10-24-16)20(17-9-5-11-25-17)26-21(22)15-12-13-6-2-3-7-14(13)19(15)23/h2-11H,12H2,1H3. The van der Waals surface area contributed by atoms with Gasteiger partial charge in [-0.1, -0.05) is 36.0 Å². The van der Waals surface area contributed by atoms with E-state index in [1.165, 1.54) is 0 Å². The van der Waals surface area contributed by atoms with Gasteiger partial charge in [0.15, 0.2) is 11.5 Å². The van der Waals surface area contributed by atoms with Crippen LogP contribution < -0.4 is 0 Å². The number of carbonyl (C=O) groups excluding carboxylic acids is 1. The molecule has 0 fully saturated rings. The minimum absolute atomic E-state index is 0.106. The Bertz CT molecular complexity index is 1060. The fourth-order valence-corrected chi connectivity index (χ4v) is 4.76. The number of rotatable bonds is 2. The average molecular weight is 361 g/mol. The molecule has 0 N–H and O–H groups in total. The Kier molecular flexibility index (Phi) is 3.43. The molecule has 2 aliphatic rings. The zero-order valence-corrected chi connectivity index (χ0v) is 14.9. The lowest BCUT2D eigenvalue weighted by Gasteiger charge is -2.17. The molecule has 4 nitrogen and oxygen atoms in total. The molecule has 0 amide bonds. The first-order valence-electron chi connectivity index (χ1n) is 8.33. The zero-order chi connectivity index (χ0) is 17.7. The molecule has 0 atom stereocenters. The monoisotopic (exact) mass is 361 g/mol. The summed E-state index contributed by atoms with van der Waals surface area (Å²) in [4.78, 5) is 16.0. The van der Waals surface area contributed by atoms with Gasteiger partial charge in [-0.2, -0.15) is 0 Å². The predicted octanol–water partition coefficient (Wildman–Crippen LogP) is 5.03. The van der Waals surface area contributed by atoms with Crippen LogP contribution in [0.3, 0.4) is 0 Å². The lowest BCUT2D eigenvalue weighted by Crippen LogP contribution is -2.14. The molecule has 3 aromatic rings. The Hall–Kier alpha value is -2.92. The molecule has 26 heavy (non-hydrogen) atoms. The molecule has 0 bridgehead atoms. The van der Waals surface area contributed by atoms with E-state index in [-0.39, 0.29) is 5.78 Å². The first-order valence-corrected chi connectivity index (χ1v) is 9.15. The molecule has 1 aliphatic carbocycles. The van der Waals surface area contributed by atoms with Gasteiger partial charge in [0.2, 0.25) is 0 Å². The lowest BCUT2D eigenvalue weighted by atomic mass is 10.1. The first kappa shape index (κ1) is 15.3. The summed E-state index contributed by atoms with van der Waals surface area (Å²) in [5.41, 5.74) is 3.63. The van der Waals surface area contributed by atoms with Crippen LogP contribution in [-0.4, -0.2) is 17.7 Å². The van der Waals surface area contributed by atoms with Gasteiger partial charge in [0, 0.05) is 24.6 Å². The summed E-state index contributed by atoms with van der Waals surface area (Å²) in [6.45, 7) is 0. The molecule has 0 unspecified atom stereocenters. The van der Waals surface area contributed by atoms with Crippen LogP contribution in [0, 0.1) is 0 Å². The molecule has 1 aliphatic heterocycles. The highest BCUT2D eigenvalue weighted by molar-refractivity contribution is 8.12. The summed E-state index contributed by atoms with van der Waals surface area (Å²) < 4.78 is 11.3. The largest absolute Gasteiger partial charge is 0.464 e. The molecular formula is C21H15NO3S. The smallest absolute Gasteiger partial charge is 0.192 e. The van der Waals surface area contributed by atoms with Crippen LogP contribution in [0.15, 0.2) is 80.5 Å². The van der Waals surface area contributed by atoms with Crippen molar-refractivity contribution >= 4 is 28.1 Å². The van der Waals surface area contributed by atoms with Crippen LogP contribution in [0.4, 0.5) is 0 Å². The Labute approximate surface area is 154 Å². The third kappa shape index (κ3) is 2.21. The second-order valence-corrected chi connectivity index (χ2v) is 7.24. The number of hydrogen-bond acceptors (Lipinski definition) is 5. The summed E-state index contributed by atoms with van der Waals surface area (Å²) in [6, 6.07) is 15.4. The summed E-state index contributed by atoms with van der Waals surface area (Å²) in [5.74, 6) is 1.63. The van der Waals surface area contributed by atoms with E-state index in [1.807, 2.05) is 60.5 Å². The molecule has 0 saturated carbocycles. The van der Waals surface area contributed by atoms with Gasteiger partial charge in [0.1, 0.15) is 11.5 Å². The molecule has 5 heteroatoms. The molecule has 0 saturated heterocycles. The number of carbonyl (C=O) groups is 1. The van der Waals surface area contributed by atoms with E-state index in [4.69, 9.17) is 8.83 Å². The summed E-state index contributed by atoms with van der Waals surface area (Å²) >= 11 is 1.57. The molecule has 128 valence electrons. The molecule has 0 spiro atoms. The number of Topliss-reactive ketones (excluding diaryl/α,β-unsaturated/α-hetero) is 1. The Morgan fingerprint density at radius 2 is 1.69 bits per heavy atom. The topological polar surface area (TPSA) is 46.6 Å². The van der Waals surface area contributed by atoms with Gasteiger partial charge in [-0.15, -0.1) is 0 Å². The van der Waals surface area contributed by atoms with Crippen molar-refractivity contribution in [3.8, 4) is 0 Å². The van der Waals surface area contributed by atoms with Gasteiger partial charge in [0.25, 0.3) is 0 Å². The molecule has 1 aromatic carbocycles. The molecular weight excluding hydrogens is 346 g/mol. The van der Waals surface area contributed by atoms with Crippen LogP contribution in [-0.2, 0) is 6.42 Å². The average Bonchev–Trinajstić information content (AvgIpc) is 3.41. The normalized spacial score (nSPS) is 19.6. The van der Waals surface area contributed by atoms with Crippen LogP contribution in [0.5, 0.6) is 0 Å². The lowest BCUT2D eigenvalue weighted by molar-refractivity contribution is 0.103. The SMILES string of the molecule is CN1C(=C2Cc3ccccc3C2=O)SC(c2ccco2)=C1c1ccco1. The van der Waals surface area contributed by atoms with E-state index < -0.39 is 0 Å². The van der Waals surface area contributed by atoms with Crippen LogP contribution >= 0.6 is 11.8 Å². The molecule has 0 radical (unpaired) electrons. The van der Waals surface area contributed by atoms with Crippen molar-refractivity contribution in [3.05, 3.63) is 94.3 Å². The third-order valence-electron chi connectivity index (χ3n) is 4.71. The minimum Gasteiger partial charge on any atom is -0.464 e. The number of benzene rings is 1. The predicted molar refractivity (Wildman–Crippen MR) is 101 cm³/mol. The third-order valence-corrected chi connectivity index (χ3v) is 6.03. The Balaban J connectivity index is 1.64. The van der Waals surface area contributed by atoms with Gasteiger partial charge < -0.3 is 13.7 Å². The highest BCUT2D eigenvalue weighted by Crippen LogP contribution is 2.52. The van der Waals surface area contributed by atoms with E-state index in [0.717, 1.165) is 43.9 Å².